The largest absolute Gasteiger partial charge is 0.508 e. The van der Waals surface area contributed by atoms with Gasteiger partial charge in [0.1, 0.15) is 11.6 Å². The van der Waals surface area contributed by atoms with Gasteiger partial charge >= 0.3 is 0 Å². The zero-order chi connectivity index (χ0) is 20.4. The number of aromatic nitrogens is 1. The molecule has 1 aliphatic heterocycles. The molecule has 0 unspecified atom stereocenters. The second kappa shape index (κ2) is 7.63. The topological polar surface area (TPSA) is 107 Å². The second-order valence-electron chi connectivity index (χ2n) is 6.83. The summed E-state index contributed by atoms with van der Waals surface area (Å²) in [6.07, 6.45) is 4.01. The highest BCUT2D eigenvalue weighted by Gasteiger charge is 2.25. The van der Waals surface area contributed by atoms with Crippen molar-refractivity contribution >= 4 is 34.1 Å². The minimum absolute atomic E-state index is 0.171. The highest BCUT2D eigenvalue weighted by atomic mass is 16.3. The van der Waals surface area contributed by atoms with Gasteiger partial charge in [0.15, 0.2) is 0 Å². The molecule has 0 atom stereocenters. The van der Waals surface area contributed by atoms with Gasteiger partial charge in [-0.05, 0) is 36.8 Å². The molecule has 0 saturated heterocycles. The Bertz CT molecular complexity index is 1140. The zero-order valence-electron chi connectivity index (χ0n) is 15.6. The van der Waals surface area contributed by atoms with Gasteiger partial charge in [-0.15, -0.1) is 0 Å². The molecule has 2 amide bonds. The number of nitrogens with zero attached hydrogens (tertiary/aromatic N) is 1. The molecular formula is C22H20N4O3. The van der Waals surface area contributed by atoms with Crippen molar-refractivity contribution in [3.8, 4) is 5.75 Å². The van der Waals surface area contributed by atoms with Gasteiger partial charge in [0.25, 0.3) is 11.8 Å². The van der Waals surface area contributed by atoms with Crippen LogP contribution in [0.5, 0.6) is 5.75 Å². The highest BCUT2D eigenvalue weighted by molar-refractivity contribution is 6.35. The fourth-order valence-electron chi connectivity index (χ4n) is 3.45. The number of phenols is 1. The van der Waals surface area contributed by atoms with E-state index in [0.717, 1.165) is 22.9 Å². The standard InChI is InChI=1S/C22H20N4O3/c23-21(14-6-8-15(27)9-7-14)24-10-3-11-26-13-18(16-4-1-2-5-19(16)26)17-12-20(28)25-22(17)29/h1-2,4-9,12-13,27H,3,10-11H2,(H2,23,24)(H,25,28,29). The average Bonchev–Trinajstić information content (AvgIpc) is 3.24. The molecule has 2 aromatic carbocycles. The third-order valence-corrected chi connectivity index (χ3v) is 4.87. The van der Waals surface area contributed by atoms with E-state index in [1.807, 2.05) is 30.5 Å². The number of amidine groups is 1. The van der Waals surface area contributed by atoms with Crippen LogP contribution in [0.15, 0.2) is 60.8 Å². The zero-order valence-corrected chi connectivity index (χ0v) is 15.6. The van der Waals surface area contributed by atoms with Crippen LogP contribution in [0.25, 0.3) is 16.5 Å². The van der Waals surface area contributed by atoms with Crippen molar-refractivity contribution in [1.29, 1.82) is 5.41 Å². The minimum Gasteiger partial charge on any atom is -0.508 e. The predicted molar refractivity (Wildman–Crippen MR) is 111 cm³/mol. The number of phenolic OH excluding ortho intramolecular Hbond substituents is 1. The van der Waals surface area contributed by atoms with E-state index in [9.17, 15) is 14.7 Å². The van der Waals surface area contributed by atoms with E-state index in [-0.39, 0.29) is 11.7 Å². The summed E-state index contributed by atoms with van der Waals surface area (Å²) in [5.74, 6) is -0.292. The molecule has 4 N–H and O–H groups in total. The van der Waals surface area contributed by atoms with Gasteiger partial charge in [0, 0.05) is 47.4 Å². The number of imide groups is 1. The molecule has 1 aromatic heterocycles. The highest BCUT2D eigenvalue weighted by Crippen LogP contribution is 2.29. The van der Waals surface area contributed by atoms with Gasteiger partial charge in [-0.3, -0.25) is 20.3 Å². The number of carbonyl (C=O) groups is 2. The molecule has 0 radical (unpaired) electrons. The van der Waals surface area contributed by atoms with E-state index < -0.39 is 5.91 Å². The van der Waals surface area contributed by atoms with Crippen molar-refractivity contribution in [2.45, 2.75) is 13.0 Å². The molecule has 0 bridgehead atoms. The van der Waals surface area contributed by atoms with Gasteiger partial charge in [0.05, 0.1) is 5.57 Å². The number of aryl methyl sites for hydroxylation is 1. The Hall–Kier alpha value is -3.87. The quantitative estimate of drug-likeness (QED) is 0.225. The van der Waals surface area contributed by atoms with Crippen molar-refractivity contribution in [3.63, 3.8) is 0 Å². The van der Waals surface area contributed by atoms with Crippen LogP contribution in [0, 0.1) is 5.41 Å². The van der Waals surface area contributed by atoms with Gasteiger partial charge in [0.2, 0.25) is 0 Å². The summed E-state index contributed by atoms with van der Waals surface area (Å²) in [5, 5.41) is 23.7. The van der Waals surface area contributed by atoms with Crippen molar-refractivity contribution in [2.75, 3.05) is 6.54 Å². The molecule has 146 valence electrons. The lowest BCUT2D eigenvalue weighted by molar-refractivity contribution is -0.123. The van der Waals surface area contributed by atoms with Crippen LogP contribution in [0.4, 0.5) is 0 Å². The summed E-state index contributed by atoms with van der Waals surface area (Å²) in [6, 6.07) is 14.3. The summed E-state index contributed by atoms with van der Waals surface area (Å²) >= 11 is 0. The second-order valence-corrected chi connectivity index (χ2v) is 6.83. The van der Waals surface area contributed by atoms with Gasteiger partial charge < -0.3 is 15.0 Å². The Morgan fingerprint density at radius 1 is 1.10 bits per heavy atom. The number of benzene rings is 2. The summed E-state index contributed by atoms with van der Waals surface area (Å²) in [7, 11) is 0. The number of aromatic hydroxyl groups is 1. The smallest absolute Gasteiger partial charge is 0.258 e. The van der Waals surface area contributed by atoms with Crippen LogP contribution in [0.1, 0.15) is 17.5 Å². The molecule has 4 rings (SSSR count). The monoisotopic (exact) mass is 388 g/mol. The molecule has 7 heteroatoms. The Morgan fingerprint density at radius 3 is 2.59 bits per heavy atom. The summed E-state index contributed by atoms with van der Waals surface area (Å²) in [6.45, 7) is 1.29. The van der Waals surface area contributed by atoms with E-state index in [0.29, 0.717) is 30.1 Å². The van der Waals surface area contributed by atoms with Crippen LogP contribution < -0.4 is 10.6 Å². The van der Waals surface area contributed by atoms with E-state index in [1.54, 1.807) is 24.3 Å². The van der Waals surface area contributed by atoms with E-state index in [4.69, 9.17) is 5.41 Å². The maximum absolute atomic E-state index is 12.1. The van der Waals surface area contributed by atoms with Crippen molar-refractivity contribution < 1.29 is 14.7 Å². The number of carbonyl (C=O) groups excluding carboxylic acids is 2. The van der Waals surface area contributed by atoms with Crippen LogP contribution in [-0.4, -0.2) is 33.9 Å². The lowest BCUT2D eigenvalue weighted by Gasteiger charge is -2.09. The number of para-hydroxylation sites is 1. The van der Waals surface area contributed by atoms with Crippen LogP contribution in [0.3, 0.4) is 0 Å². The maximum atomic E-state index is 12.1. The van der Waals surface area contributed by atoms with Crippen molar-refractivity contribution in [3.05, 3.63) is 71.9 Å². The molecule has 2 heterocycles. The van der Waals surface area contributed by atoms with E-state index in [1.165, 1.54) is 6.08 Å². The molecule has 3 aromatic rings. The molecule has 29 heavy (non-hydrogen) atoms. The lowest BCUT2D eigenvalue weighted by Crippen LogP contribution is -2.25. The Morgan fingerprint density at radius 2 is 1.86 bits per heavy atom. The number of amides is 2. The SMILES string of the molecule is N=C(NCCCn1cc(C2=CC(=O)NC2=O)c2ccccc21)c1ccc(O)cc1. The number of rotatable bonds is 6. The normalized spacial score (nSPS) is 13.4. The van der Waals surface area contributed by atoms with Crippen molar-refractivity contribution in [1.82, 2.24) is 15.2 Å². The first-order chi connectivity index (χ1) is 14.0. The molecule has 7 nitrogen and oxygen atoms in total. The fourth-order valence-corrected chi connectivity index (χ4v) is 3.45. The van der Waals surface area contributed by atoms with E-state index >= 15 is 0 Å². The first-order valence-electron chi connectivity index (χ1n) is 9.30. The Labute approximate surface area is 167 Å². The van der Waals surface area contributed by atoms with Crippen LogP contribution in [-0.2, 0) is 16.1 Å². The van der Waals surface area contributed by atoms with Gasteiger partial charge in [-0.25, -0.2) is 0 Å². The average molecular weight is 388 g/mol. The number of nitrogens with one attached hydrogen (secondary N) is 3. The molecule has 0 aliphatic carbocycles. The Balaban J connectivity index is 1.45. The lowest BCUT2D eigenvalue weighted by atomic mass is 10.1. The number of hydrogen-bond donors (Lipinski definition) is 4. The summed E-state index contributed by atoms with van der Waals surface area (Å²) < 4.78 is 2.06. The molecule has 0 saturated carbocycles. The predicted octanol–water partition coefficient (Wildman–Crippen LogP) is 2.39. The van der Waals surface area contributed by atoms with Gasteiger partial charge in [-0.1, -0.05) is 18.2 Å². The van der Waals surface area contributed by atoms with Crippen LogP contribution in [0.2, 0.25) is 0 Å². The van der Waals surface area contributed by atoms with Crippen LogP contribution >= 0.6 is 0 Å². The molecule has 1 aliphatic rings. The molecule has 0 fully saturated rings. The molecule has 0 spiro atoms. The fraction of sp³-hybridized carbons (Fsp3) is 0.136. The minimum atomic E-state index is -0.390. The Kier molecular flexibility index (Phi) is 4.87. The first-order valence-corrected chi connectivity index (χ1v) is 9.30. The maximum Gasteiger partial charge on any atom is 0.258 e. The number of hydrogen-bond acceptors (Lipinski definition) is 4. The van der Waals surface area contributed by atoms with E-state index in [2.05, 4.69) is 15.2 Å². The number of fused-ring (bicyclic) bond motifs is 1. The van der Waals surface area contributed by atoms with Gasteiger partial charge in [-0.2, -0.15) is 0 Å². The third kappa shape index (κ3) is 3.75. The molecular weight excluding hydrogens is 368 g/mol. The third-order valence-electron chi connectivity index (χ3n) is 4.87. The first kappa shape index (κ1) is 18.5. The summed E-state index contributed by atoms with van der Waals surface area (Å²) in [5.41, 5.74) is 2.83. The summed E-state index contributed by atoms with van der Waals surface area (Å²) in [4.78, 5) is 23.6. The van der Waals surface area contributed by atoms with Crippen molar-refractivity contribution in [2.24, 2.45) is 0 Å².